The van der Waals surface area contributed by atoms with Crippen molar-refractivity contribution in [3.05, 3.63) is 75.1 Å². The van der Waals surface area contributed by atoms with Crippen LogP contribution in [0.4, 0.5) is 17.2 Å². The van der Waals surface area contributed by atoms with Crippen LogP contribution in [0.2, 0.25) is 0 Å². The van der Waals surface area contributed by atoms with Crippen molar-refractivity contribution < 1.29 is 9.66 Å². The second-order valence-corrected chi connectivity index (χ2v) is 6.42. The zero-order valence-corrected chi connectivity index (χ0v) is 15.6. The van der Waals surface area contributed by atoms with Crippen molar-refractivity contribution in [1.82, 2.24) is 9.97 Å². The van der Waals surface area contributed by atoms with Gasteiger partial charge in [-0.15, -0.1) is 0 Å². The normalized spacial score (nSPS) is 10.5. The van der Waals surface area contributed by atoms with E-state index in [1.807, 2.05) is 58.0 Å². The van der Waals surface area contributed by atoms with Crippen molar-refractivity contribution in [3.63, 3.8) is 0 Å². The fraction of sp³-hybridized carbons (Fsp3) is 0.200. The lowest BCUT2D eigenvalue weighted by atomic mass is 10.1. The molecule has 0 radical (unpaired) electrons. The molecule has 2 aromatic carbocycles. The summed E-state index contributed by atoms with van der Waals surface area (Å²) in [4.78, 5) is 19.2. The zero-order valence-electron chi connectivity index (χ0n) is 15.6. The smallest absolute Gasteiger partial charge is 0.373 e. The third kappa shape index (κ3) is 4.03. The Morgan fingerprint density at radius 2 is 1.70 bits per heavy atom. The van der Waals surface area contributed by atoms with Crippen LogP contribution in [0.5, 0.6) is 11.6 Å². The Labute approximate surface area is 157 Å². The summed E-state index contributed by atoms with van der Waals surface area (Å²) in [6.45, 7) is 7.80. The van der Waals surface area contributed by atoms with Crippen molar-refractivity contribution in [2.45, 2.75) is 27.7 Å². The summed E-state index contributed by atoms with van der Waals surface area (Å²) >= 11 is 0. The molecule has 1 aromatic heterocycles. The van der Waals surface area contributed by atoms with Gasteiger partial charge in [0.25, 0.3) is 0 Å². The van der Waals surface area contributed by atoms with E-state index < -0.39 is 4.92 Å². The van der Waals surface area contributed by atoms with Gasteiger partial charge in [0, 0.05) is 5.69 Å². The maximum absolute atomic E-state index is 11.7. The molecule has 0 saturated carbocycles. The van der Waals surface area contributed by atoms with Crippen molar-refractivity contribution >= 4 is 17.2 Å². The van der Waals surface area contributed by atoms with Gasteiger partial charge in [-0.3, -0.25) is 10.1 Å². The molecule has 0 atom stereocenters. The fourth-order valence-corrected chi connectivity index (χ4v) is 2.58. The number of nitrogens with zero attached hydrogens (tertiary/aromatic N) is 3. The van der Waals surface area contributed by atoms with E-state index in [0.717, 1.165) is 27.9 Å². The summed E-state index contributed by atoms with van der Waals surface area (Å²) in [5.74, 6) is 0.464. The minimum Gasteiger partial charge on any atom is -0.434 e. The predicted molar refractivity (Wildman–Crippen MR) is 104 cm³/mol. The van der Waals surface area contributed by atoms with E-state index in [4.69, 9.17) is 4.74 Å². The summed E-state index contributed by atoms with van der Waals surface area (Å²) < 4.78 is 5.71. The quantitative estimate of drug-likeness (QED) is 0.497. The molecule has 0 saturated heterocycles. The van der Waals surface area contributed by atoms with Crippen molar-refractivity contribution in [1.29, 1.82) is 0 Å². The second kappa shape index (κ2) is 7.41. The van der Waals surface area contributed by atoms with Gasteiger partial charge in [-0.2, -0.15) is 4.98 Å². The molecule has 0 bridgehead atoms. The van der Waals surface area contributed by atoms with Gasteiger partial charge in [0.1, 0.15) is 12.1 Å². The average molecular weight is 364 g/mol. The third-order valence-electron chi connectivity index (χ3n) is 4.31. The molecular weight excluding hydrogens is 344 g/mol. The van der Waals surface area contributed by atoms with E-state index in [-0.39, 0.29) is 17.4 Å². The van der Waals surface area contributed by atoms with Crippen molar-refractivity contribution in [3.8, 4) is 11.6 Å². The number of benzene rings is 2. The monoisotopic (exact) mass is 364 g/mol. The first-order valence-corrected chi connectivity index (χ1v) is 8.44. The number of nitro groups is 1. The Morgan fingerprint density at radius 1 is 0.963 bits per heavy atom. The Kier molecular flexibility index (Phi) is 5.03. The largest absolute Gasteiger partial charge is 0.434 e. The molecule has 0 unspecified atom stereocenters. The lowest BCUT2D eigenvalue weighted by molar-refractivity contribution is -0.385. The lowest BCUT2D eigenvalue weighted by Crippen LogP contribution is -2.04. The first kappa shape index (κ1) is 18.3. The van der Waals surface area contributed by atoms with E-state index in [0.29, 0.717) is 5.75 Å². The molecule has 1 N–H and O–H groups in total. The summed E-state index contributed by atoms with van der Waals surface area (Å²) in [5.41, 5.74) is 4.55. The lowest BCUT2D eigenvalue weighted by Gasteiger charge is -2.12. The van der Waals surface area contributed by atoms with E-state index in [2.05, 4.69) is 15.3 Å². The standard InChI is InChI=1S/C20H20N4O3/c1-12-5-6-14(3)17(9-12)23-19-18(24(25)26)20(22-11-21-19)27-16-8-7-13(2)15(4)10-16/h5-11H,1-4H3,(H,21,22,23). The molecule has 7 nitrogen and oxygen atoms in total. The topological polar surface area (TPSA) is 90.2 Å². The van der Waals surface area contributed by atoms with Gasteiger partial charge in [-0.1, -0.05) is 18.2 Å². The van der Waals surface area contributed by atoms with Crippen LogP contribution >= 0.6 is 0 Å². The number of hydrogen-bond acceptors (Lipinski definition) is 6. The van der Waals surface area contributed by atoms with Crippen LogP contribution < -0.4 is 10.1 Å². The molecule has 3 aromatic rings. The summed E-state index contributed by atoms with van der Waals surface area (Å²) in [6.07, 6.45) is 1.25. The molecule has 0 amide bonds. The number of ether oxygens (including phenoxy) is 1. The summed E-state index contributed by atoms with van der Waals surface area (Å²) in [6, 6.07) is 11.3. The number of nitrogens with one attached hydrogen (secondary N) is 1. The molecule has 0 fully saturated rings. The summed E-state index contributed by atoms with van der Waals surface area (Å²) in [7, 11) is 0. The fourth-order valence-electron chi connectivity index (χ4n) is 2.58. The molecule has 0 aliphatic rings. The van der Waals surface area contributed by atoms with Crippen LogP contribution in [0.25, 0.3) is 0 Å². The van der Waals surface area contributed by atoms with Crippen LogP contribution in [0.15, 0.2) is 42.7 Å². The van der Waals surface area contributed by atoms with Crippen LogP contribution in [-0.4, -0.2) is 14.9 Å². The average Bonchev–Trinajstić information content (AvgIpc) is 2.61. The van der Waals surface area contributed by atoms with Crippen molar-refractivity contribution in [2.24, 2.45) is 0 Å². The molecule has 7 heteroatoms. The summed E-state index contributed by atoms with van der Waals surface area (Å²) in [5, 5.41) is 14.7. The molecule has 27 heavy (non-hydrogen) atoms. The number of aryl methyl sites for hydroxylation is 4. The van der Waals surface area contributed by atoms with E-state index in [9.17, 15) is 10.1 Å². The van der Waals surface area contributed by atoms with Gasteiger partial charge < -0.3 is 10.1 Å². The first-order valence-electron chi connectivity index (χ1n) is 8.44. The molecule has 0 aliphatic carbocycles. The highest BCUT2D eigenvalue weighted by molar-refractivity contribution is 5.70. The van der Waals surface area contributed by atoms with Crippen LogP contribution in [0, 0.1) is 37.8 Å². The number of rotatable bonds is 5. The van der Waals surface area contributed by atoms with Crippen molar-refractivity contribution in [2.75, 3.05) is 5.32 Å². The van der Waals surface area contributed by atoms with Gasteiger partial charge in [0.2, 0.25) is 5.82 Å². The maximum atomic E-state index is 11.7. The van der Waals surface area contributed by atoms with Crippen LogP contribution in [-0.2, 0) is 0 Å². The van der Waals surface area contributed by atoms with Crippen LogP contribution in [0.1, 0.15) is 22.3 Å². The van der Waals surface area contributed by atoms with E-state index in [1.165, 1.54) is 6.33 Å². The predicted octanol–water partition coefficient (Wildman–Crippen LogP) is 5.15. The Hall–Kier alpha value is -3.48. The van der Waals surface area contributed by atoms with Gasteiger partial charge in [-0.25, -0.2) is 4.98 Å². The molecule has 3 rings (SSSR count). The number of anilines is 2. The second-order valence-electron chi connectivity index (χ2n) is 6.42. The van der Waals surface area contributed by atoms with E-state index >= 15 is 0 Å². The molecule has 0 spiro atoms. The van der Waals surface area contributed by atoms with Gasteiger partial charge in [0.05, 0.1) is 4.92 Å². The molecular formula is C20H20N4O3. The Bertz CT molecular complexity index is 1020. The Balaban J connectivity index is 2.00. The SMILES string of the molecule is Cc1ccc(C)c(Nc2ncnc(Oc3ccc(C)c(C)c3)c2[N+](=O)[O-])c1. The molecule has 138 valence electrons. The molecule has 0 aliphatic heterocycles. The number of hydrogen-bond donors (Lipinski definition) is 1. The number of aromatic nitrogens is 2. The van der Waals surface area contributed by atoms with Gasteiger partial charge in [0.15, 0.2) is 0 Å². The third-order valence-corrected chi connectivity index (χ3v) is 4.31. The minimum atomic E-state index is -0.538. The maximum Gasteiger partial charge on any atom is 0.373 e. The van der Waals surface area contributed by atoms with Gasteiger partial charge >= 0.3 is 11.6 Å². The highest BCUT2D eigenvalue weighted by atomic mass is 16.6. The zero-order chi connectivity index (χ0) is 19.6. The Morgan fingerprint density at radius 3 is 2.41 bits per heavy atom. The highest BCUT2D eigenvalue weighted by Gasteiger charge is 2.25. The minimum absolute atomic E-state index is 0.0857. The highest BCUT2D eigenvalue weighted by Crippen LogP contribution is 2.36. The first-order chi connectivity index (χ1) is 12.8. The van der Waals surface area contributed by atoms with Gasteiger partial charge in [-0.05, 0) is 68.1 Å². The van der Waals surface area contributed by atoms with E-state index in [1.54, 1.807) is 6.07 Å². The van der Waals surface area contributed by atoms with Crippen LogP contribution in [0.3, 0.4) is 0 Å². The molecule has 1 heterocycles.